The lowest BCUT2D eigenvalue weighted by molar-refractivity contribution is -0.143. The third-order valence-corrected chi connectivity index (χ3v) is 4.21. The molecule has 1 atom stereocenters. The SMILES string of the molecule is C[C@@]1(C(=O)Nc2ccc(-n3cccn3)cc2)Oc2ccccc2NC1=O. The molecule has 0 saturated carbocycles. The lowest BCUT2D eigenvalue weighted by Crippen LogP contribution is -2.56. The number of para-hydroxylation sites is 2. The molecule has 1 aliphatic heterocycles. The van der Waals surface area contributed by atoms with Crippen molar-refractivity contribution in [3.05, 3.63) is 67.0 Å². The van der Waals surface area contributed by atoms with E-state index in [2.05, 4.69) is 15.7 Å². The van der Waals surface area contributed by atoms with E-state index >= 15 is 0 Å². The van der Waals surface area contributed by atoms with Gasteiger partial charge < -0.3 is 15.4 Å². The van der Waals surface area contributed by atoms with Crippen LogP contribution in [0.3, 0.4) is 0 Å². The quantitative estimate of drug-likeness (QED) is 0.713. The third kappa shape index (κ3) is 2.69. The molecule has 2 N–H and O–H groups in total. The number of carbonyl (C=O) groups is 2. The topological polar surface area (TPSA) is 85.2 Å². The number of hydrogen-bond acceptors (Lipinski definition) is 4. The van der Waals surface area contributed by atoms with E-state index in [1.165, 1.54) is 6.92 Å². The van der Waals surface area contributed by atoms with Crippen LogP contribution >= 0.6 is 0 Å². The van der Waals surface area contributed by atoms with Gasteiger partial charge >= 0.3 is 0 Å². The van der Waals surface area contributed by atoms with Crippen molar-refractivity contribution < 1.29 is 14.3 Å². The van der Waals surface area contributed by atoms with Gasteiger partial charge in [0, 0.05) is 18.1 Å². The molecule has 0 bridgehead atoms. The molecule has 1 aromatic heterocycles. The fraction of sp³-hybridized carbons (Fsp3) is 0.105. The van der Waals surface area contributed by atoms with E-state index in [4.69, 9.17) is 4.74 Å². The van der Waals surface area contributed by atoms with Gasteiger partial charge in [-0.15, -0.1) is 0 Å². The van der Waals surface area contributed by atoms with Crippen molar-refractivity contribution in [2.45, 2.75) is 12.5 Å². The molecular formula is C19H16N4O3. The van der Waals surface area contributed by atoms with Gasteiger partial charge in [0.1, 0.15) is 5.75 Å². The molecule has 2 amide bonds. The molecule has 3 aromatic rings. The average Bonchev–Trinajstić information content (AvgIpc) is 3.18. The first-order valence-corrected chi connectivity index (χ1v) is 8.07. The first-order chi connectivity index (χ1) is 12.6. The Labute approximate surface area is 149 Å². The Kier molecular flexibility index (Phi) is 3.69. The number of fused-ring (bicyclic) bond motifs is 1. The summed E-state index contributed by atoms with van der Waals surface area (Å²) in [6, 6.07) is 15.9. The maximum absolute atomic E-state index is 12.7. The van der Waals surface area contributed by atoms with Gasteiger partial charge in [-0.2, -0.15) is 5.10 Å². The van der Waals surface area contributed by atoms with Gasteiger partial charge in [-0.3, -0.25) is 9.59 Å². The standard InChI is InChI=1S/C19H16N4O3/c1-19(18(25)22-15-5-2-3-6-16(15)26-19)17(24)21-13-7-9-14(10-8-13)23-12-4-11-20-23/h2-12H,1H3,(H,21,24)(H,22,25)/t19-/m0/s1. The van der Waals surface area contributed by atoms with Crippen molar-refractivity contribution in [1.29, 1.82) is 0 Å². The number of nitrogens with one attached hydrogen (secondary N) is 2. The Hall–Kier alpha value is -3.61. The summed E-state index contributed by atoms with van der Waals surface area (Å²) in [5.41, 5.74) is 0.309. The minimum atomic E-state index is -1.66. The Bertz CT molecular complexity index is 967. The highest BCUT2D eigenvalue weighted by Gasteiger charge is 2.47. The molecule has 0 spiro atoms. The fourth-order valence-corrected chi connectivity index (χ4v) is 2.69. The van der Waals surface area contributed by atoms with Crippen molar-refractivity contribution >= 4 is 23.2 Å². The van der Waals surface area contributed by atoms with Crippen LogP contribution in [0.2, 0.25) is 0 Å². The fourth-order valence-electron chi connectivity index (χ4n) is 2.69. The van der Waals surface area contributed by atoms with Crippen LogP contribution in [-0.4, -0.2) is 27.2 Å². The average molecular weight is 348 g/mol. The number of aromatic nitrogens is 2. The molecule has 2 aromatic carbocycles. The molecule has 2 heterocycles. The molecule has 130 valence electrons. The van der Waals surface area contributed by atoms with Crippen LogP contribution in [0.4, 0.5) is 11.4 Å². The van der Waals surface area contributed by atoms with Crippen LogP contribution in [-0.2, 0) is 9.59 Å². The molecule has 0 aliphatic carbocycles. The number of benzene rings is 2. The number of carbonyl (C=O) groups excluding carboxylic acids is 2. The Morgan fingerprint density at radius 2 is 1.92 bits per heavy atom. The Morgan fingerprint density at radius 3 is 2.65 bits per heavy atom. The highest BCUT2D eigenvalue weighted by Crippen LogP contribution is 2.33. The molecule has 0 unspecified atom stereocenters. The van der Waals surface area contributed by atoms with Crippen LogP contribution in [0.1, 0.15) is 6.92 Å². The largest absolute Gasteiger partial charge is 0.466 e. The van der Waals surface area contributed by atoms with E-state index in [0.717, 1.165) is 5.69 Å². The van der Waals surface area contributed by atoms with Gasteiger partial charge in [0.2, 0.25) is 0 Å². The van der Waals surface area contributed by atoms with E-state index in [9.17, 15) is 9.59 Å². The van der Waals surface area contributed by atoms with Gasteiger partial charge in [0.05, 0.1) is 11.4 Å². The monoisotopic (exact) mass is 348 g/mol. The number of anilines is 2. The van der Waals surface area contributed by atoms with E-state index in [-0.39, 0.29) is 0 Å². The zero-order chi connectivity index (χ0) is 18.1. The molecule has 26 heavy (non-hydrogen) atoms. The van der Waals surface area contributed by atoms with Gasteiger partial charge in [0.25, 0.3) is 17.4 Å². The first kappa shape index (κ1) is 15.9. The van der Waals surface area contributed by atoms with Gasteiger partial charge in [-0.25, -0.2) is 4.68 Å². The number of amides is 2. The summed E-state index contributed by atoms with van der Waals surface area (Å²) >= 11 is 0. The summed E-state index contributed by atoms with van der Waals surface area (Å²) in [5, 5.41) is 9.59. The number of nitrogens with zero attached hydrogens (tertiary/aromatic N) is 2. The maximum atomic E-state index is 12.7. The summed E-state index contributed by atoms with van der Waals surface area (Å²) in [7, 11) is 0. The van der Waals surface area contributed by atoms with Crippen molar-refractivity contribution in [2.24, 2.45) is 0 Å². The third-order valence-electron chi connectivity index (χ3n) is 4.21. The Morgan fingerprint density at radius 1 is 1.15 bits per heavy atom. The highest BCUT2D eigenvalue weighted by atomic mass is 16.5. The summed E-state index contributed by atoms with van der Waals surface area (Å²) in [6.45, 7) is 1.45. The summed E-state index contributed by atoms with van der Waals surface area (Å²) in [5.74, 6) is -0.600. The van der Waals surface area contributed by atoms with Crippen LogP contribution in [0, 0.1) is 0 Å². The Balaban J connectivity index is 1.53. The predicted octanol–water partition coefficient (Wildman–Crippen LogP) is 2.60. The van der Waals surface area contributed by atoms with E-state index in [1.54, 1.807) is 47.3 Å². The number of ether oxygens (including phenoxy) is 1. The second kappa shape index (κ2) is 6.03. The molecule has 1 aliphatic rings. The zero-order valence-corrected chi connectivity index (χ0v) is 14.0. The van der Waals surface area contributed by atoms with Crippen LogP contribution in [0.5, 0.6) is 5.75 Å². The minimum absolute atomic E-state index is 0.457. The van der Waals surface area contributed by atoms with Crippen LogP contribution in [0.25, 0.3) is 5.69 Å². The summed E-state index contributed by atoms with van der Waals surface area (Å²) in [4.78, 5) is 25.1. The van der Waals surface area contributed by atoms with E-state index in [1.807, 2.05) is 24.4 Å². The molecule has 7 heteroatoms. The first-order valence-electron chi connectivity index (χ1n) is 8.07. The summed E-state index contributed by atoms with van der Waals surface area (Å²) in [6.07, 6.45) is 3.51. The molecule has 0 saturated heterocycles. The van der Waals surface area contributed by atoms with Crippen molar-refractivity contribution in [3.8, 4) is 11.4 Å². The zero-order valence-electron chi connectivity index (χ0n) is 14.0. The lowest BCUT2D eigenvalue weighted by Gasteiger charge is -2.33. The second-order valence-electron chi connectivity index (χ2n) is 6.04. The van der Waals surface area contributed by atoms with Gasteiger partial charge in [-0.1, -0.05) is 12.1 Å². The predicted molar refractivity (Wildman–Crippen MR) is 96.3 cm³/mol. The molecule has 0 fully saturated rings. The molecule has 7 nitrogen and oxygen atoms in total. The molecule has 4 rings (SSSR count). The van der Waals surface area contributed by atoms with Gasteiger partial charge in [-0.05, 0) is 49.4 Å². The lowest BCUT2D eigenvalue weighted by atomic mass is 10.0. The minimum Gasteiger partial charge on any atom is -0.466 e. The van der Waals surface area contributed by atoms with Crippen molar-refractivity contribution in [1.82, 2.24) is 9.78 Å². The van der Waals surface area contributed by atoms with Crippen LogP contribution < -0.4 is 15.4 Å². The molecule has 0 radical (unpaired) electrons. The van der Waals surface area contributed by atoms with Crippen molar-refractivity contribution in [2.75, 3.05) is 10.6 Å². The van der Waals surface area contributed by atoms with Crippen LogP contribution in [0.15, 0.2) is 67.0 Å². The van der Waals surface area contributed by atoms with E-state index < -0.39 is 17.4 Å². The second-order valence-corrected chi connectivity index (χ2v) is 6.04. The number of hydrogen-bond donors (Lipinski definition) is 2. The van der Waals surface area contributed by atoms with Gasteiger partial charge in [0.15, 0.2) is 0 Å². The maximum Gasteiger partial charge on any atom is 0.278 e. The normalized spacial score (nSPS) is 18.4. The molecular weight excluding hydrogens is 332 g/mol. The number of rotatable bonds is 3. The summed E-state index contributed by atoms with van der Waals surface area (Å²) < 4.78 is 7.42. The van der Waals surface area contributed by atoms with E-state index in [0.29, 0.717) is 17.1 Å². The highest BCUT2D eigenvalue weighted by molar-refractivity contribution is 6.19. The van der Waals surface area contributed by atoms with Crippen molar-refractivity contribution in [3.63, 3.8) is 0 Å². The smallest absolute Gasteiger partial charge is 0.278 e.